The third-order valence-corrected chi connectivity index (χ3v) is 13.2. The summed E-state index contributed by atoms with van der Waals surface area (Å²) in [5, 5.41) is 0. The molecule has 1 heterocycles. The highest BCUT2D eigenvalue weighted by Gasteiger charge is 2.30. The molecule has 57 heavy (non-hydrogen) atoms. The molecule has 1 aromatic rings. The van der Waals surface area contributed by atoms with Gasteiger partial charge in [0, 0.05) is 47.1 Å². The smallest absolute Gasteiger partial charge is 0.0556 e. The minimum atomic E-state index is 0.293. The molecule has 0 bridgehead atoms. The second kappa shape index (κ2) is 17.4. The first-order chi connectivity index (χ1) is 28.2. The zero-order valence-electron chi connectivity index (χ0n) is 33.6. The molecule has 2 nitrogen and oxygen atoms in total. The molecular formula is C55H58N2. The average molecular weight is 747 g/mol. The number of anilines is 1. The Labute approximate surface area is 342 Å². The van der Waals surface area contributed by atoms with E-state index in [1.807, 2.05) is 0 Å². The summed E-state index contributed by atoms with van der Waals surface area (Å²) in [5.41, 5.74) is 15.6. The van der Waals surface area contributed by atoms with Gasteiger partial charge in [0.15, 0.2) is 0 Å². The highest BCUT2D eigenvalue weighted by Crippen LogP contribution is 2.42. The van der Waals surface area contributed by atoms with Gasteiger partial charge in [0.1, 0.15) is 0 Å². The van der Waals surface area contributed by atoms with Gasteiger partial charge in [-0.05, 0) is 146 Å². The van der Waals surface area contributed by atoms with Crippen molar-refractivity contribution in [3.63, 3.8) is 0 Å². The monoisotopic (exact) mass is 746 g/mol. The second-order valence-corrected chi connectivity index (χ2v) is 16.8. The third-order valence-electron chi connectivity index (χ3n) is 13.2. The molecule has 0 amide bonds. The van der Waals surface area contributed by atoms with Crippen molar-refractivity contribution in [2.24, 2.45) is 17.8 Å². The fraction of sp³-hybridized carbons (Fsp3) is 0.309. The molecule has 0 saturated carbocycles. The van der Waals surface area contributed by atoms with Crippen molar-refractivity contribution in [3.8, 4) is 0 Å². The van der Waals surface area contributed by atoms with Crippen LogP contribution in [0.5, 0.6) is 0 Å². The van der Waals surface area contributed by atoms with Gasteiger partial charge in [-0.1, -0.05) is 134 Å². The molecular weight excluding hydrogens is 689 g/mol. The van der Waals surface area contributed by atoms with E-state index in [1.54, 1.807) is 0 Å². The van der Waals surface area contributed by atoms with E-state index in [4.69, 9.17) is 0 Å². The van der Waals surface area contributed by atoms with E-state index >= 15 is 0 Å². The van der Waals surface area contributed by atoms with Gasteiger partial charge in [0.05, 0.1) is 6.04 Å². The van der Waals surface area contributed by atoms with Crippen LogP contribution in [0.3, 0.4) is 0 Å². The topological polar surface area (TPSA) is 6.48 Å². The van der Waals surface area contributed by atoms with E-state index in [0.717, 1.165) is 70.8 Å². The largest absolute Gasteiger partial charge is 0.344 e. The van der Waals surface area contributed by atoms with Gasteiger partial charge < -0.3 is 9.80 Å². The zero-order chi connectivity index (χ0) is 38.4. The zero-order valence-corrected chi connectivity index (χ0v) is 33.6. The Morgan fingerprint density at radius 2 is 1.37 bits per heavy atom. The maximum Gasteiger partial charge on any atom is 0.0556 e. The number of hydrogen-bond acceptors (Lipinski definition) is 2. The first-order valence-electron chi connectivity index (χ1n) is 21.8. The highest BCUT2D eigenvalue weighted by molar-refractivity contribution is 5.58. The van der Waals surface area contributed by atoms with Crippen LogP contribution in [-0.4, -0.2) is 17.5 Å². The molecule has 9 rings (SSSR count). The molecule has 7 aliphatic carbocycles. The molecule has 0 radical (unpaired) electrons. The molecule has 1 aromatic carbocycles. The maximum absolute atomic E-state index is 4.59. The molecule has 288 valence electrons. The van der Waals surface area contributed by atoms with Crippen LogP contribution in [0.2, 0.25) is 0 Å². The van der Waals surface area contributed by atoms with Crippen LogP contribution < -0.4 is 4.90 Å². The lowest BCUT2D eigenvalue weighted by molar-refractivity contribution is 0.352. The normalized spacial score (nSPS) is 27.8. The van der Waals surface area contributed by atoms with Crippen LogP contribution in [0.15, 0.2) is 221 Å². The molecule has 2 heteroatoms. The molecule has 0 N–H and O–H groups in total. The van der Waals surface area contributed by atoms with E-state index in [9.17, 15) is 0 Å². The summed E-state index contributed by atoms with van der Waals surface area (Å²) >= 11 is 0. The van der Waals surface area contributed by atoms with Crippen molar-refractivity contribution in [1.82, 2.24) is 4.90 Å². The van der Waals surface area contributed by atoms with Gasteiger partial charge >= 0.3 is 0 Å². The summed E-state index contributed by atoms with van der Waals surface area (Å²) < 4.78 is 0. The van der Waals surface area contributed by atoms with Crippen LogP contribution in [0.25, 0.3) is 0 Å². The van der Waals surface area contributed by atoms with Crippen LogP contribution >= 0.6 is 0 Å². The van der Waals surface area contributed by atoms with Gasteiger partial charge in [0.2, 0.25) is 0 Å². The third kappa shape index (κ3) is 8.38. The predicted molar refractivity (Wildman–Crippen MR) is 242 cm³/mol. The first kappa shape index (κ1) is 37.2. The standard InChI is InChI=1S/C55H58N2/c1-41-14-6-5-13-39-56(50-19-11-4-12-20-50)55-38-31-49(40-54(41)55)48-23-21-44(22-24-48)47-29-36-53(37-30-47)57(51-32-25-45(26-33-51)42-15-7-2-8-16-42)52-34-27-46(28-35-52)43-17-9-3-10-18-43/h2,4,6-9,11-12,14-15,17-21,23,25-27,29,31-32,34-36,38,42,46,51,54H,1,3,5,10,13,16,22,24,28,30,33,37,39-40H2/b14-6-. The van der Waals surface area contributed by atoms with Crippen molar-refractivity contribution < 1.29 is 0 Å². The Balaban J connectivity index is 0.939. The summed E-state index contributed by atoms with van der Waals surface area (Å²) in [7, 11) is 0. The Hall–Kier alpha value is -5.34. The Morgan fingerprint density at radius 3 is 2.07 bits per heavy atom. The van der Waals surface area contributed by atoms with E-state index in [0.29, 0.717) is 23.8 Å². The molecule has 1 aliphatic heterocycles. The van der Waals surface area contributed by atoms with Crippen LogP contribution in [0, 0.1) is 17.8 Å². The van der Waals surface area contributed by atoms with Crippen molar-refractivity contribution in [2.75, 3.05) is 11.4 Å². The molecule has 0 aromatic heterocycles. The first-order valence-corrected chi connectivity index (χ1v) is 21.8. The minimum Gasteiger partial charge on any atom is -0.344 e. The van der Waals surface area contributed by atoms with Gasteiger partial charge in [-0.25, -0.2) is 0 Å². The fourth-order valence-electron chi connectivity index (χ4n) is 9.97. The number of benzene rings is 1. The second-order valence-electron chi connectivity index (χ2n) is 16.8. The molecule has 0 saturated heterocycles. The van der Waals surface area contributed by atoms with E-state index in [1.165, 1.54) is 74.6 Å². The van der Waals surface area contributed by atoms with Gasteiger partial charge in [-0.15, -0.1) is 0 Å². The average Bonchev–Trinajstić information content (AvgIpc) is 3.37. The van der Waals surface area contributed by atoms with Crippen molar-refractivity contribution in [3.05, 3.63) is 221 Å². The molecule has 0 spiro atoms. The Morgan fingerprint density at radius 1 is 0.596 bits per heavy atom. The number of hydrogen-bond donors (Lipinski definition) is 0. The SMILES string of the molecule is C=C1/C=C\CCCN(c2ccccc2)C2=CC=C(C3=CC=C(C4=CC=C(N(C5=CCC(C6=CCCC=C6)C=C5)C5C=CC(C6C=CC=CC6)=CC5)CC4)CC3)CC12. The van der Waals surface area contributed by atoms with Crippen molar-refractivity contribution in [2.45, 2.75) is 83.1 Å². The summed E-state index contributed by atoms with van der Waals surface area (Å²) in [5.74, 6) is 1.28. The van der Waals surface area contributed by atoms with E-state index in [-0.39, 0.29) is 0 Å². The fourth-order valence-corrected chi connectivity index (χ4v) is 9.97. The summed E-state index contributed by atoms with van der Waals surface area (Å²) in [6.45, 7) is 5.62. The lowest BCUT2D eigenvalue weighted by atomic mass is 9.79. The number of rotatable bonds is 8. The Bertz CT molecular complexity index is 2210. The quantitative estimate of drug-likeness (QED) is 0.261. The molecule has 4 atom stereocenters. The number of para-hydroxylation sites is 1. The maximum atomic E-state index is 4.59. The van der Waals surface area contributed by atoms with Crippen LogP contribution in [-0.2, 0) is 0 Å². The van der Waals surface area contributed by atoms with Crippen LogP contribution in [0.4, 0.5) is 5.69 Å². The van der Waals surface area contributed by atoms with Gasteiger partial charge in [-0.3, -0.25) is 0 Å². The van der Waals surface area contributed by atoms with Crippen molar-refractivity contribution in [1.29, 1.82) is 0 Å². The summed E-state index contributed by atoms with van der Waals surface area (Å²) in [6.07, 6.45) is 63.2. The summed E-state index contributed by atoms with van der Waals surface area (Å²) in [6, 6.07) is 11.2. The highest BCUT2D eigenvalue weighted by atomic mass is 15.2. The lowest BCUT2D eigenvalue weighted by Gasteiger charge is -2.38. The van der Waals surface area contributed by atoms with E-state index in [2.05, 4.69) is 174 Å². The number of fused-ring (bicyclic) bond motifs is 1. The number of nitrogens with zero attached hydrogens (tertiary/aromatic N) is 2. The Kier molecular flexibility index (Phi) is 11.4. The summed E-state index contributed by atoms with van der Waals surface area (Å²) in [4.78, 5) is 5.20. The van der Waals surface area contributed by atoms with Gasteiger partial charge in [0.25, 0.3) is 0 Å². The van der Waals surface area contributed by atoms with Crippen molar-refractivity contribution >= 4 is 5.69 Å². The lowest BCUT2D eigenvalue weighted by Crippen LogP contribution is -2.34. The minimum absolute atomic E-state index is 0.293. The molecule has 8 aliphatic rings. The van der Waals surface area contributed by atoms with Crippen LogP contribution in [0.1, 0.15) is 77.0 Å². The predicted octanol–water partition coefficient (Wildman–Crippen LogP) is 13.9. The molecule has 0 fully saturated rings. The number of allylic oxidation sites excluding steroid dienone is 27. The van der Waals surface area contributed by atoms with Gasteiger partial charge in [-0.2, -0.15) is 0 Å². The van der Waals surface area contributed by atoms with E-state index < -0.39 is 0 Å². The molecule has 4 unspecified atom stereocenters.